The first-order valence-corrected chi connectivity index (χ1v) is 8.52. The van der Waals surface area contributed by atoms with Crippen LogP contribution < -0.4 is 5.32 Å². The molecule has 1 saturated heterocycles. The van der Waals surface area contributed by atoms with Crippen molar-refractivity contribution in [2.45, 2.75) is 19.9 Å². The number of hydrogen-bond donors (Lipinski definition) is 1. The van der Waals surface area contributed by atoms with Crippen LogP contribution in [0.4, 0.5) is 5.13 Å². The second-order valence-corrected chi connectivity index (χ2v) is 6.88. The number of carbonyl (C=O) groups excluding carboxylic acids is 2. The van der Waals surface area contributed by atoms with Gasteiger partial charge in [-0.25, -0.2) is 4.98 Å². The predicted molar refractivity (Wildman–Crippen MR) is 90.5 cm³/mol. The lowest BCUT2D eigenvalue weighted by atomic mass is 10.1. The molecule has 23 heavy (non-hydrogen) atoms. The lowest BCUT2D eigenvalue weighted by molar-refractivity contribution is -0.128. The van der Waals surface area contributed by atoms with Gasteiger partial charge < -0.3 is 10.2 Å². The minimum absolute atomic E-state index is 0.00424. The van der Waals surface area contributed by atoms with Crippen LogP contribution >= 0.6 is 22.9 Å². The standard InChI is InChI=1S/C16H16ClN3O2S/c1-10-9-23-16(18-10)19-15(22)12-6-14(21)20(8-12)7-11-2-4-13(17)5-3-11/h2-5,9,12H,6-8H2,1H3,(H,18,19,22)/t12-/m0/s1. The number of carbonyl (C=O) groups is 2. The molecule has 1 N–H and O–H groups in total. The van der Waals surface area contributed by atoms with Gasteiger partial charge in [0.15, 0.2) is 5.13 Å². The van der Waals surface area contributed by atoms with Gasteiger partial charge in [-0.15, -0.1) is 11.3 Å². The van der Waals surface area contributed by atoms with Gasteiger partial charge in [0.05, 0.1) is 11.6 Å². The average molecular weight is 350 g/mol. The van der Waals surface area contributed by atoms with E-state index in [4.69, 9.17) is 11.6 Å². The maximum atomic E-state index is 12.3. The van der Waals surface area contributed by atoms with Gasteiger partial charge in [-0.3, -0.25) is 9.59 Å². The third-order valence-electron chi connectivity index (χ3n) is 3.72. The highest BCUT2D eigenvalue weighted by Crippen LogP contribution is 2.23. The van der Waals surface area contributed by atoms with E-state index >= 15 is 0 Å². The number of hydrogen-bond acceptors (Lipinski definition) is 4. The summed E-state index contributed by atoms with van der Waals surface area (Å²) < 4.78 is 0. The second-order valence-electron chi connectivity index (χ2n) is 5.59. The molecule has 2 heterocycles. The van der Waals surface area contributed by atoms with Crippen LogP contribution in [0.15, 0.2) is 29.6 Å². The zero-order valence-corrected chi connectivity index (χ0v) is 14.2. The highest BCUT2D eigenvalue weighted by atomic mass is 35.5. The molecule has 7 heteroatoms. The van der Waals surface area contributed by atoms with Gasteiger partial charge in [0, 0.05) is 29.9 Å². The first-order chi connectivity index (χ1) is 11.0. The van der Waals surface area contributed by atoms with Crippen molar-refractivity contribution < 1.29 is 9.59 Å². The zero-order valence-electron chi connectivity index (χ0n) is 12.6. The third-order valence-corrected chi connectivity index (χ3v) is 4.85. The molecule has 120 valence electrons. The number of nitrogens with zero attached hydrogens (tertiary/aromatic N) is 2. The van der Waals surface area contributed by atoms with Crippen molar-refractivity contribution >= 4 is 39.9 Å². The molecule has 0 saturated carbocycles. The normalized spacial score (nSPS) is 17.6. The molecule has 0 unspecified atom stereocenters. The van der Waals surface area contributed by atoms with Gasteiger partial charge in [-0.2, -0.15) is 0 Å². The van der Waals surface area contributed by atoms with Crippen LogP contribution in [0.1, 0.15) is 17.7 Å². The summed E-state index contributed by atoms with van der Waals surface area (Å²) in [4.78, 5) is 30.3. The summed E-state index contributed by atoms with van der Waals surface area (Å²) in [6.45, 7) is 2.80. The van der Waals surface area contributed by atoms with E-state index in [9.17, 15) is 9.59 Å². The van der Waals surface area contributed by atoms with Crippen LogP contribution in [0.25, 0.3) is 0 Å². The summed E-state index contributed by atoms with van der Waals surface area (Å²) in [7, 11) is 0. The van der Waals surface area contributed by atoms with E-state index < -0.39 is 0 Å². The van der Waals surface area contributed by atoms with Crippen molar-refractivity contribution in [2.24, 2.45) is 5.92 Å². The van der Waals surface area contributed by atoms with Gasteiger partial charge in [-0.1, -0.05) is 23.7 Å². The Bertz CT molecular complexity index is 729. The van der Waals surface area contributed by atoms with Crippen LogP contribution in [0.3, 0.4) is 0 Å². The molecule has 5 nitrogen and oxygen atoms in total. The molecular formula is C16H16ClN3O2S. The lowest BCUT2D eigenvalue weighted by Crippen LogP contribution is -2.28. The fourth-order valence-corrected chi connectivity index (χ4v) is 3.35. The molecule has 1 aromatic heterocycles. The summed E-state index contributed by atoms with van der Waals surface area (Å²) in [6.07, 6.45) is 0.240. The topological polar surface area (TPSA) is 62.3 Å². The summed E-state index contributed by atoms with van der Waals surface area (Å²) >= 11 is 7.25. The van der Waals surface area contributed by atoms with Crippen molar-refractivity contribution in [3.63, 3.8) is 0 Å². The van der Waals surface area contributed by atoms with Gasteiger partial charge in [0.1, 0.15) is 0 Å². The van der Waals surface area contributed by atoms with Crippen molar-refractivity contribution in [2.75, 3.05) is 11.9 Å². The Morgan fingerprint density at radius 3 is 2.83 bits per heavy atom. The third kappa shape index (κ3) is 3.89. The number of aromatic nitrogens is 1. The fourth-order valence-electron chi connectivity index (χ4n) is 2.53. The van der Waals surface area contributed by atoms with E-state index in [1.54, 1.807) is 17.0 Å². The number of nitrogens with one attached hydrogen (secondary N) is 1. The lowest BCUT2D eigenvalue weighted by Gasteiger charge is -2.16. The molecule has 0 aliphatic carbocycles. The number of thiazole rings is 1. The van der Waals surface area contributed by atoms with E-state index in [0.29, 0.717) is 23.2 Å². The van der Waals surface area contributed by atoms with E-state index in [2.05, 4.69) is 10.3 Å². The van der Waals surface area contributed by atoms with E-state index in [0.717, 1.165) is 11.3 Å². The van der Waals surface area contributed by atoms with E-state index in [1.165, 1.54) is 11.3 Å². The molecule has 3 rings (SSSR count). The monoisotopic (exact) mass is 349 g/mol. The molecule has 1 aliphatic rings. The number of halogens is 1. The number of likely N-dealkylation sites (tertiary alicyclic amines) is 1. The largest absolute Gasteiger partial charge is 0.338 e. The molecule has 1 atom stereocenters. The number of anilines is 1. The highest BCUT2D eigenvalue weighted by molar-refractivity contribution is 7.13. The number of amides is 2. The molecule has 0 spiro atoms. The van der Waals surface area contributed by atoms with Crippen molar-refractivity contribution in [3.05, 3.63) is 45.9 Å². The van der Waals surface area contributed by atoms with Gasteiger partial charge in [0.2, 0.25) is 11.8 Å². The maximum Gasteiger partial charge on any atom is 0.231 e. The van der Waals surface area contributed by atoms with Crippen LogP contribution in [0, 0.1) is 12.8 Å². The summed E-state index contributed by atoms with van der Waals surface area (Å²) in [5, 5.41) is 5.91. The molecule has 2 aromatic rings. The minimum Gasteiger partial charge on any atom is -0.338 e. The first-order valence-electron chi connectivity index (χ1n) is 7.26. The Morgan fingerprint density at radius 1 is 1.43 bits per heavy atom. The van der Waals surface area contributed by atoms with Crippen LogP contribution in [0.5, 0.6) is 0 Å². The number of aryl methyl sites for hydroxylation is 1. The van der Waals surface area contributed by atoms with E-state index in [1.807, 2.05) is 24.4 Å². The molecule has 1 fully saturated rings. The summed E-state index contributed by atoms with van der Waals surface area (Å²) in [6, 6.07) is 7.38. The number of rotatable bonds is 4. The maximum absolute atomic E-state index is 12.3. The highest BCUT2D eigenvalue weighted by Gasteiger charge is 2.34. The van der Waals surface area contributed by atoms with Gasteiger partial charge in [0.25, 0.3) is 0 Å². The van der Waals surface area contributed by atoms with Crippen molar-refractivity contribution in [1.82, 2.24) is 9.88 Å². The smallest absolute Gasteiger partial charge is 0.231 e. The molecule has 0 bridgehead atoms. The summed E-state index contributed by atoms with van der Waals surface area (Å²) in [5.74, 6) is -0.485. The first kappa shape index (κ1) is 16.0. The van der Waals surface area contributed by atoms with Gasteiger partial charge >= 0.3 is 0 Å². The SMILES string of the molecule is Cc1csc(NC(=O)[C@H]2CC(=O)N(Cc3ccc(Cl)cc3)C2)n1. The Balaban J connectivity index is 1.60. The Hall–Kier alpha value is -1.92. The Labute approximate surface area is 143 Å². The predicted octanol–water partition coefficient (Wildman–Crippen LogP) is 3.09. The van der Waals surface area contributed by atoms with Crippen LogP contribution in [-0.2, 0) is 16.1 Å². The van der Waals surface area contributed by atoms with Crippen LogP contribution in [0.2, 0.25) is 5.02 Å². The fraction of sp³-hybridized carbons (Fsp3) is 0.312. The molecule has 1 aliphatic heterocycles. The quantitative estimate of drug-likeness (QED) is 0.922. The Morgan fingerprint density at radius 2 is 2.17 bits per heavy atom. The molecular weight excluding hydrogens is 334 g/mol. The van der Waals surface area contributed by atoms with Crippen molar-refractivity contribution in [1.29, 1.82) is 0 Å². The Kier molecular flexibility index (Phi) is 4.63. The second kappa shape index (κ2) is 6.68. The molecule has 2 amide bonds. The van der Waals surface area contributed by atoms with Crippen molar-refractivity contribution in [3.8, 4) is 0 Å². The van der Waals surface area contributed by atoms with Gasteiger partial charge in [-0.05, 0) is 24.6 Å². The minimum atomic E-state index is -0.334. The molecule has 0 radical (unpaired) electrons. The van der Waals surface area contributed by atoms with Crippen LogP contribution in [-0.4, -0.2) is 28.2 Å². The summed E-state index contributed by atoms with van der Waals surface area (Å²) in [5.41, 5.74) is 1.87. The number of benzene rings is 1. The molecule has 1 aromatic carbocycles. The zero-order chi connectivity index (χ0) is 16.4. The van der Waals surface area contributed by atoms with E-state index in [-0.39, 0.29) is 24.2 Å². The average Bonchev–Trinajstić information content (AvgIpc) is 3.08.